The number of carbonyl (C=O) groups is 1. The summed E-state index contributed by atoms with van der Waals surface area (Å²) in [6, 6.07) is 12.0. The third kappa shape index (κ3) is 4.18. The van der Waals surface area contributed by atoms with Crippen LogP contribution in [0.3, 0.4) is 0 Å². The summed E-state index contributed by atoms with van der Waals surface area (Å²) in [5.74, 6) is 0.486. The molecule has 31 heavy (non-hydrogen) atoms. The second-order valence-corrected chi connectivity index (χ2v) is 9.90. The molecule has 3 aromatic rings. The van der Waals surface area contributed by atoms with Gasteiger partial charge in [0.1, 0.15) is 5.75 Å². The van der Waals surface area contributed by atoms with Gasteiger partial charge in [0.25, 0.3) is 5.91 Å². The number of ether oxygens (including phenoxy) is 1. The minimum Gasteiger partial charge on any atom is -0.497 e. The second kappa shape index (κ2) is 8.36. The van der Waals surface area contributed by atoms with Crippen molar-refractivity contribution >= 4 is 26.8 Å². The normalized spacial score (nSPS) is 15.8. The van der Waals surface area contributed by atoms with Gasteiger partial charge in [-0.3, -0.25) is 4.79 Å². The second-order valence-electron chi connectivity index (χ2n) is 7.96. The molecule has 1 amide bonds. The maximum absolute atomic E-state index is 12.9. The highest BCUT2D eigenvalue weighted by Gasteiger charge is 2.30. The van der Waals surface area contributed by atoms with Gasteiger partial charge in [-0.1, -0.05) is 0 Å². The highest BCUT2D eigenvalue weighted by Crippen LogP contribution is 2.24. The minimum atomic E-state index is -3.56. The first kappa shape index (κ1) is 21.4. The zero-order chi connectivity index (χ0) is 22.2. The number of hydrogen-bond donors (Lipinski definition) is 2. The number of amides is 1. The lowest BCUT2D eigenvalue weighted by molar-refractivity contribution is 0.0924. The average Bonchev–Trinajstić information content (AvgIpc) is 3.07. The fraction of sp³-hybridized carbons (Fsp3) is 0.348. The standard InChI is InChI=1S/C23H27N3O4S/c1-15-16(2)24-22-9-4-17(14-21(15)22)23(27)25-18-10-12-26(13-11-18)31(28,29)20-7-5-19(30-3)6-8-20/h4-9,14,18,24H,10-13H2,1-3H3,(H,25,27). The smallest absolute Gasteiger partial charge is 0.251 e. The lowest BCUT2D eigenvalue weighted by Crippen LogP contribution is -2.46. The van der Waals surface area contributed by atoms with E-state index in [1.54, 1.807) is 31.4 Å². The molecule has 0 bridgehead atoms. The van der Waals surface area contributed by atoms with Crippen LogP contribution < -0.4 is 10.1 Å². The Balaban J connectivity index is 1.39. The average molecular weight is 442 g/mol. The van der Waals surface area contributed by atoms with Crippen LogP contribution in [0.1, 0.15) is 34.5 Å². The number of benzene rings is 2. The molecular formula is C23H27N3O4S. The summed E-state index contributed by atoms with van der Waals surface area (Å²) in [4.78, 5) is 16.3. The molecule has 1 aliphatic rings. The van der Waals surface area contributed by atoms with Crippen molar-refractivity contribution in [3.05, 3.63) is 59.3 Å². The van der Waals surface area contributed by atoms with Crippen LogP contribution in [0.2, 0.25) is 0 Å². The van der Waals surface area contributed by atoms with Gasteiger partial charge in [-0.25, -0.2) is 8.42 Å². The molecule has 1 aliphatic heterocycles. The first-order valence-corrected chi connectivity index (χ1v) is 11.8. The number of aryl methyl sites for hydroxylation is 2. The predicted octanol–water partition coefficient (Wildman–Crippen LogP) is 3.38. The van der Waals surface area contributed by atoms with E-state index in [9.17, 15) is 13.2 Å². The molecule has 0 saturated carbocycles. The van der Waals surface area contributed by atoms with E-state index in [-0.39, 0.29) is 16.8 Å². The van der Waals surface area contributed by atoms with Gasteiger partial charge in [-0.2, -0.15) is 4.31 Å². The van der Waals surface area contributed by atoms with E-state index in [1.165, 1.54) is 4.31 Å². The number of hydrogen-bond acceptors (Lipinski definition) is 4. The van der Waals surface area contributed by atoms with Crippen molar-refractivity contribution in [1.29, 1.82) is 0 Å². The Hall–Kier alpha value is -2.84. The van der Waals surface area contributed by atoms with Crippen LogP contribution in [-0.4, -0.2) is 49.9 Å². The molecule has 2 aromatic carbocycles. The van der Waals surface area contributed by atoms with Gasteiger partial charge < -0.3 is 15.0 Å². The minimum absolute atomic E-state index is 0.0560. The first-order chi connectivity index (χ1) is 14.8. The Morgan fingerprint density at radius 2 is 1.77 bits per heavy atom. The molecule has 4 rings (SSSR count). The number of aromatic amines is 1. The molecule has 1 fully saturated rings. The van der Waals surface area contributed by atoms with Crippen LogP contribution in [0, 0.1) is 13.8 Å². The van der Waals surface area contributed by atoms with Crippen molar-refractivity contribution < 1.29 is 17.9 Å². The van der Waals surface area contributed by atoms with Crippen molar-refractivity contribution in [1.82, 2.24) is 14.6 Å². The summed E-state index contributed by atoms with van der Waals surface area (Å²) in [6.07, 6.45) is 1.15. The number of nitrogens with zero attached hydrogens (tertiary/aromatic N) is 1. The molecule has 1 aromatic heterocycles. The summed E-state index contributed by atoms with van der Waals surface area (Å²) in [7, 11) is -2.01. The first-order valence-electron chi connectivity index (χ1n) is 10.3. The summed E-state index contributed by atoms with van der Waals surface area (Å²) in [6.45, 7) is 4.79. The molecule has 0 aliphatic carbocycles. The number of rotatable bonds is 5. The van der Waals surface area contributed by atoms with Crippen LogP contribution in [-0.2, 0) is 10.0 Å². The van der Waals surface area contributed by atoms with Crippen LogP contribution in [0.15, 0.2) is 47.4 Å². The van der Waals surface area contributed by atoms with E-state index in [0.717, 1.165) is 22.2 Å². The van der Waals surface area contributed by atoms with Gasteiger partial charge >= 0.3 is 0 Å². The molecule has 0 radical (unpaired) electrons. The van der Waals surface area contributed by atoms with Gasteiger partial charge in [0.15, 0.2) is 0 Å². The highest BCUT2D eigenvalue weighted by molar-refractivity contribution is 7.89. The largest absolute Gasteiger partial charge is 0.497 e. The number of aromatic nitrogens is 1. The monoisotopic (exact) mass is 441 g/mol. The highest BCUT2D eigenvalue weighted by atomic mass is 32.2. The number of sulfonamides is 1. The Bertz CT molecular complexity index is 1210. The third-order valence-electron chi connectivity index (χ3n) is 6.06. The Morgan fingerprint density at radius 1 is 1.10 bits per heavy atom. The number of methoxy groups -OCH3 is 1. The molecule has 0 atom stereocenters. The van der Waals surface area contributed by atoms with E-state index in [0.29, 0.717) is 37.2 Å². The summed E-state index contributed by atoms with van der Waals surface area (Å²) >= 11 is 0. The predicted molar refractivity (Wildman–Crippen MR) is 120 cm³/mol. The van der Waals surface area contributed by atoms with Crippen LogP contribution >= 0.6 is 0 Å². The molecule has 8 heteroatoms. The maximum Gasteiger partial charge on any atom is 0.251 e. The van der Waals surface area contributed by atoms with Crippen molar-refractivity contribution in [3.8, 4) is 5.75 Å². The zero-order valence-corrected chi connectivity index (χ0v) is 18.8. The van der Waals surface area contributed by atoms with E-state index in [4.69, 9.17) is 4.74 Å². The van der Waals surface area contributed by atoms with E-state index in [1.807, 2.05) is 32.0 Å². The Morgan fingerprint density at radius 3 is 2.42 bits per heavy atom. The lowest BCUT2D eigenvalue weighted by atomic mass is 10.0. The lowest BCUT2D eigenvalue weighted by Gasteiger charge is -2.31. The Kier molecular flexibility index (Phi) is 5.77. The maximum atomic E-state index is 12.9. The number of fused-ring (bicyclic) bond motifs is 1. The van der Waals surface area contributed by atoms with Crippen molar-refractivity contribution in [2.24, 2.45) is 0 Å². The summed E-state index contributed by atoms with van der Waals surface area (Å²) in [5, 5.41) is 4.11. The van der Waals surface area contributed by atoms with Gasteiger partial charge in [0.2, 0.25) is 10.0 Å². The molecule has 0 spiro atoms. The van der Waals surface area contributed by atoms with Gasteiger partial charge in [0, 0.05) is 41.3 Å². The molecule has 0 unspecified atom stereocenters. The summed E-state index contributed by atoms with van der Waals surface area (Å²) in [5.41, 5.74) is 3.87. The molecule has 1 saturated heterocycles. The van der Waals surface area contributed by atoms with Crippen molar-refractivity contribution in [2.45, 2.75) is 37.6 Å². The molecule has 164 valence electrons. The van der Waals surface area contributed by atoms with Gasteiger partial charge in [-0.15, -0.1) is 0 Å². The number of H-pyrrole nitrogens is 1. The molecule has 2 N–H and O–H groups in total. The fourth-order valence-electron chi connectivity index (χ4n) is 4.01. The number of carbonyl (C=O) groups excluding carboxylic acids is 1. The van der Waals surface area contributed by atoms with Crippen LogP contribution in [0.4, 0.5) is 0 Å². The van der Waals surface area contributed by atoms with E-state index >= 15 is 0 Å². The van der Waals surface area contributed by atoms with E-state index < -0.39 is 10.0 Å². The van der Waals surface area contributed by atoms with Crippen molar-refractivity contribution in [2.75, 3.05) is 20.2 Å². The SMILES string of the molecule is COc1ccc(S(=O)(=O)N2CCC(NC(=O)c3ccc4[nH]c(C)c(C)c4c3)CC2)cc1. The van der Waals surface area contributed by atoms with Crippen molar-refractivity contribution in [3.63, 3.8) is 0 Å². The number of nitrogens with one attached hydrogen (secondary N) is 2. The Labute approximate surface area is 182 Å². The number of piperidine rings is 1. The third-order valence-corrected chi connectivity index (χ3v) is 7.97. The molecule has 7 nitrogen and oxygen atoms in total. The van der Waals surface area contributed by atoms with Gasteiger partial charge in [0.05, 0.1) is 12.0 Å². The van der Waals surface area contributed by atoms with Crippen LogP contribution in [0.5, 0.6) is 5.75 Å². The molecule has 2 heterocycles. The van der Waals surface area contributed by atoms with E-state index in [2.05, 4.69) is 10.3 Å². The topological polar surface area (TPSA) is 91.5 Å². The molecular weight excluding hydrogens is 414 g/mol. The fourth-order valence-corrected chi connectivity index (χ4v) is 5.48. The zero-order valence-electron chi connectivity index (χ0n) is 17.9. The van der Waals surface area contributed by atoms with Crippen LogP contribution in [0.25, 0.3) is 10.9 Å². The summed E-state index contributed by atoms with van der Waals surface area (Å²) < 4.78 is 32.4. The quantitative estimate of drug-likeness (QED) is 0.635. The van der Waals surface area contributed by atoms with Gasteiger partial charge in [-0.05, 0) is 74.7 Å².